The van der Waals surface area contributed by atoms with E-state index in [2.05, 4.69) is 37.2 Å². The first-order valence-electron chi connectivity index (χ1n) is 5.65. The number of rotatable bonds is 6. The third-order valence-electron chi connectivity index (χ3n) is 2.82. The fourth-order valence-corrected chi connectivity index (χ4v) is 2.88. The average Bonchev–Trinajstić information content (AvgIpc) is 2.63. The van der Waals surface area contributed by atoms with Gasteiger partial charge in [-0.1, -0.05) is 13.3 Å². The Balaban J connectivity index is 2.67. The maximum absolute atomic E-state index is 5.87. The number of thiophene rings is 1. The van der Waals surface area contributed by atoms with Gasteiger partial charge in [-0.2, -0.15) is 0 Å². The Bertz CT molecular complexity index is 283. The molecule has 2 N–H and O–H groups in total. The molecule has 0 spiro atoms. The van der Waals surface area contributed by atoms with E-state index in [0.29, 0.717) is 12.6 Å². The molecule has 1 aromatic rings. The Morgan fingerprint density at radius 1 is 1.53 bits per heavy atom. The first-order chi connectivity index (χ1) is 7.20. The highest BCUT2D eigenvalue weighted by Crippen LogP contribution is 2.27. The summed E-state index contributed by atoms with van der Waals surface area (Å²) in [5, 5.41) is 2.15. The molecule has 1 unspecified atom stereocenters. The number of nitrogens with two attached hydrogens (primary N) is 1. The summed E-state index contributed by atoms with van der Waals surface area (Å²) < 4.78 is 0. The molecule has 0 bridgehead atoms. The van der Waals surface area contributed by atoms with Crippen molar-refractivity contribution in [3.8, 4) is 0 Å². The van der Waals surface area contributed by atoms with Crippen LogP contribution in [0.15, 0.2) is 11.4 Å². The zero-order valence-electron chi connectivity index (χ0n) is 9.99. The van der Waals surface area contributed by atoms with Crippen molar-refractivity contribution in [2.75, 3.05) is 20.1 Å². The minimum atomic E-state index is 0.400. The van der Waals surface area contributed by atoms with Gasteiger partial charge in [0.25, 0.3) is 0 Å². The molecule has 1 atom stereocenters. The van der Waals surface area contributed by atoms with E-state index in [0.717, 1.165) is 6.54 Å². The highest BCUT2D eigenvalue weighted by molar-refractivity contribution is 7.10. The lowest BCUT2D eigenvalue weighted by atomic mass is 10.1. The van der Waals surface area contributed by atoms with Crippen molar-refractivity contribution in [2.24, 2.45) is 5.73 Å². The standard InChI is InChI=1S/C12H22N2S/c1-4-5-7-14(3)11(9-13)12-10(2)6-8-15-12/h6,8,11H,4-5,7,9,13H2,1-3H3. The van der Waals surface area contributed by atoms with E-state index in [1.54, 1.807) is 0 Å². The molecule has 0 saturated heterocycles. The quantitative estimate of drug-likeness (QED) is 0.808. The van der Waals surface area contributed by atoms with Crippen LogP contribution in [0.2, 0.25) is 0 Å². The Hall–Kier alpha value is -0.380. The van der Waals surface area contributed by atoms with Gasteiger partial charge in [0.15, 0.2) is 0 Å². The molecule has 0 aliphatic carbocycles. The molecule has 0 aromatic carbocycles. The van der Waals surface area contributed by atoms with Gasteiger partial charge in [-0.05, 0) is 43.9 Å². The van der Waals surface area contributed by atoms with Gasteiger partial charge in [0, 0.05) is 11.4 Å². The van der Waals surface area contributed by atoms with Gasteiger partial charge in [-0.15, -0.1) is 11.3 Å². The Morgan fingerprint density at radius 2 is 2.27 bits per heavy atom. The molecule has 0 fully saturated rings. The number of hydrogen-bond donors (Lipinski definition) is 1. The SMILES string of the molecule is CCCCN(C)C(CN)c1sccc1C. The summed E-state index contributed by atoms with van der Waals surface area (Å²) in [4.78, 5) is 3.80. The van der Waals surface area contributed by atoms with Crippen molar-refractivity contribution in [2.45, 2.75) is 32.7 Å². The molecule has 0 radical (unpaired) electrons. The van der Waals surface area contributed by atoms with E-state index >= 15 is 0 Å². The van der Waals surface area contributed by atoms with Gasteiger partial charge in [0.05, 0.1) is 6.04 Å². The van der Waals surface area contributed by atoms with Crippen molar-refractivity contribution in [3.05, 3.63) is 21.9 Å². The summed E-state index contributed by atoms with van der Waals surface area (Å²) in [6.07, 6.45) is 2.49. The van der Waals surface area contributed by atoms with Crippen LogP contribution in [0.5, 0.6) is 0 Å². The molecule has 1 aromatic heterocycles. The van der Waals surface area contributed by atoms with Gasteiger partial charge in [0.1, 0.15) is 0 Å². The minimum Gasteiger partial charge on any atom is -0.329 e. The number of nitrogens with zero attached hydrogens (tertiary/aromatic N) is 1. The van der Waals surface area contributed by atoms with Crippen LogP contribution in [0, 0.1) is 6.92 Å². The second kappa shape index (κ2) is 6.26. The molecule has 86 valence electrons. The molecule has 0 amide bonds. The van der Waals surface area contributed by atoms with Crippen LogP contribution in [0.25, 0.3) is 0 Å². The van der Waals surface area contributed by atoms with Crippen molar-refractivity contribution in [1.29, 1.82) is 0 Å². The maximum Gasteiger partial charge on any atom is 0.0564 e. The lowest BCUT2D eigenvalue weighted by Crippen LogP contribution is -2.31. The molecule has 0 aliphatic rings. The zero-order valence-corrected chi connectivity index (χ0v) is 10.8. The molecule has 15 heavy (non-hydrogen) atoms. The van der Waals surface area contributed by atoms with E-state index < -0.39 is 0 Å². The van der Waals surface area contributed by atoms with Gasteiger partial charge < -0.3 is 5.73 Å². The number of hydrogen-bond acceptors (Lipinski definition) is 3. The topological polar surface area (TPSA) is 29.3 Å². The van der Waals surface area contributed by atoms with Crippen molar-refractivity contribution < 1.29 is 0 Å². The number of unbranched alkanes of at least 4 members (excludes halogenated alkanes) is 1. The van der Waals surface area contributed by atoms with E-state index in [9.17, 15) is 0 Å². The Labute approximate surface area is 97.1 Å². The van der Waals surface area contributed by atoms with Crippen LogP contribution in [0.1, 0.15) is 36.2 Å². The van der Waals surface area contributed by atoms with Crippen LogP contribution in [0.4, 0.5) is 0 Å². The first-order valence-corrected chi connectivity index (χ1v) is 6.53. The smallest absolute Gasteiger partial charge is 0.0564 e. The van der Waals surface area contributed by atoms with Gasteiger partial charge in [0.2, 0.25) is 0 Å². The summed E-state index contributed by atoms with van der Waals surface area (Å²) in [7, 11) is 2.17. The molecule has 0 aliphatic heterocycles. The summed E-state index contributed by atoms with van der Waals surface area (Å²) in [5.41, 5.74) is 7.24. The largest absolute Gasteiger partial charge is 0.329 e. The van der Waals surface area contributed by atoms with Crippen LogP contribution in [-0.2, 0) is 0 Å². The summed E-state index contributed by atoms with van der Waals surface area (Å²) >= 11 is 1.82. The second-order valence-electron chi connectivity index (χ2n) is 4.05. The number of aryl methyl sites for hydroxylation is 1. The predicted octanol–water partition coefficient (Wildman–Crippen LogP) is 2.79. The molecule has 2 nitrogen and oxygen atoms in total. The summed E-state index contributed by atoms with van der Waals surface area (Å²) in [6, 6.07) is 2.58. The maximum atomic E-state index is 5.87. The molecule has 0 saturated carbocycles. The Kier molecular flexibility index (Phi) is 5.29. The van der Waals surface area contributed by atoms with Gasteiger partial charge in [-0.3, -0.25) is 4.90 Å². The van der Waals surface area contributed by atoms with Crippen molar-refractivity contribution >= 4 is 11.3 Å². The fourth-order valence-electron chi connectivity index (χ4n) is 1.78. The van der Waals surface area contributed by atoms with E-state index in [-0.39, 0.29) is 0 Å². The molecule has 1 rings (SSSR count). The fraction of sp³-hybridized carbons (Fsp3) is 0.667. The third kappa shape index (κ3) is 3.30. The van der Waals surface area contributed by atoms with Crippen LogP contribution >= 0.6 is 11.3 Å². The minimum absolute atomic E-state index is 0.400. The highest BCUT2D eigenvalue weighted by atomic mass is 32.1. The van der Waals surface area contributed by atoms with Crippen LogP contribution in [-0.4, -0.2) is 25.0 Å². The van der Waals surface area contributed by atoms with Crippen LogP contribution in [0.3, 0.4) is 0 Å². The molecular formula is C12H22N2S. The first kappa shape index (κ1) is 12.7. The third-order valence-corrected chi connectivity index (χ3v) is 3.94. The lowest BCUT2D eigenvalue weighted by molar-refractivity contribution is 0.249. The Morgan fingerprint density at radius 3 is 2.73 bits per heavy atom. The van der Waals surface area contributed by atoms with E-state index in [4.69, 9.17) is 5.73 Å². The average molecular weight is 226 g/mol. The summed E-state index contributed by atoms with van der Waals surface area (Å²) in [6.45, 7) is 6.24. The predicted molar refractivity (Wildman–Crippen MR) is 68.4 cm³/mol. The monoisotopic (exact) mass is 226 g/mol. The van der Waals surface area contributed by atoms with Crippen molar-refractivity contribution in [3.63, 3.8) is 0 Å². The zero-order chi connectivity index (χ0) is 11.3. The second-order valence-corrected chi connectivity index (χ2v) is 5.00. The van der Waals surface area contributed by atoms with E-state index in [1.807, 2.05) is 11.3 Å². The molecule has 1 heterocycles. The van der Waals surface area contributed by atoms with Gasteiger partial charge >= 0.3 is 0 Å². The lowest BCUT2D eigenvalue weighted by Gasteiger charge is -2.26. The molecular weight excluding hydrogens is 204 g/mol. The normalized spacial score (nSPS) is 13.4. The van der Waals surface area contributed by atoms with E-state index in [1.165, 1.54) is 23.3 Å². The summed E-state index contributed by atoms with van der Waals surface area (Å²) in [5.74, 6) is 0. The van der Waals surface area contributed by atoms with Gasteiger partial charge in [-0.25, -0.2) is 0 Å². The van der Waals surface area contributed by atoms with Crippen molar-refractivity contribution in [1.82, 2.24) is 4.90 Å². The molecule has 3 heteroatoms. The van der Waals surface area contributed by atoms with Crippen LogP contribution < -0.4 is 5.73 Å². The highest BCUT2D eigenvalue weighted by Gasteiger charge is 2.17. The number of likely N-dealkylation sites (N-methyl/N-ethyl adjacent to an activating group) is 1.